The second-order valence-corrected chi connectivity index (χ2v) is 9.28. The molecule has 0 fully saturated rings. The zero-order valence-electron chi connectivity index (χ0n) is 20.7. The second-order valence-electron chi connectivity index (χ2n) is 9.28. The van der Waals surface area contributed by atoms with Crippen LogP contribution in [-0.4, -0.2) is 57.5 Å². The Morgan fingerprint density at radius 3 is 2.20 bits per heavy atom. The Morgan fingerprint density at radius 2 is 1.49 bits per heavy atom. The molecule has 2 aromatic rings. The lowest BCUT2D eigenvalue weighted by atomic mass is 9.87. The highest BCUT2D eigenvalue weighted by Crippen LogP contribution is 2.34. The van der Waals surface area contributed by atoms with E-state index in [4.69, 9.17) is 0 Å². The van der Waals surface area contributed by atoms with Gasteiger partial charge >= 0.3 is 0 Å². The fourth-order valence-corrected chi connectivity index (χ4v) is 4.84. The van der Waals surface area contributed by atoms with Crippen molar-refractivity contribution in [1.29, 1.82) is 0 Å². The van der Waals surface area contributed by atoms with Gasteiger partial charge in [0.05, 0.1) is 0 Å². The van der Waals surface area contributed by atoms with E-state index in [1.54, 1.807) is 18.2 Å². The van der Waals surface area contributed by atoms with Crippen molar-refractivity contribution in [3.63, 3.8) is 0 Å². The Hall–Kier alpha value is -1.48. The van der Waals surface area contributed by atoms with Crippen molar-refractivity contribution < 1.29 is 20.4 Å². The lowest BCUT2D eigenvalue weighted by Gasteiger charge is -2.35. The number of nitrogens with zero attached hydrogens (tertiary/aromatic N) is 1. The zero-order chi connectivity index (χ0) is 23.6. The first kappa shape index (κ1) is 31.5. The lowest BCUT2D eigenvalue weighted by Crippen LogP contribution is -2.40. The molecule has 1 unspecified atom stereocenters. The molecule has 1 aliphatic rings. The van der Waals surface area contributed by atoms with Gasteiger partial charge in [-0.25, -0.2) is 0 Å². The third-order valence-electron chi connectivity index (χ3n) is 6.71. The van der Waals surface area contributed by atoms with Crippen molar-refractivity contribution in [2.45, 2.75) is 70.8 Å². The standard InChI is InChI=1S/C27H40N2O4.2BrH/c1-2-14-29(23-9-8-21-18-26(32)27(33)19-22(21)17-23)15-6-4-3-5-12-28-13-11-20-7-10-24(30)25(31)16-20;;/h7,10,16,18-19,23,28,30-33H,2-6,8-9,11-15,17H2,1H3;2*1H. The van der Waals surface area contributed by atoms with Gasteiger partial charge in [0.15, 0.2) is 23.0 Å². The molecule has 0 saturated carbocycles. The van der Waals surface area contributed by atoms with Gasteiger partial charge < -0.3 is 30.6 Å². The largest absolute Gasteiger partial charge is 0.504 e. The quantitative estimate of drug-likeness (QED) is 0.148. The van der Waals surface area contributed by atoms with Gasteiger partial charge in [-0.2, -0.15) is 0 Å². The van der Waals surface area contributed by atoms with Crippen LogP contribution in [0.2, 0.25) is 0 Å². The Morgan fingerprint density at radius 1 is 0.800 bits per heavy atom. The zero-order valence-corrected chi connectivity index (χ0v) is 24.1. The number of fused-ring (bicyclic) bond motifs is 1. The minimum absolute atomic E-state index is 0. The Kier molecular flexibility index (Phi) is 14.7. The first-order valence-corrected chi connectivity index (χ1v) is 12.5. The van der Waals surface area contributed by atoms with E-state index < -0.39 is 0 Å². The van der Waals surface area contributed by atoms with Gasteiger partial charge in [-0.05, 0) is 112 Å². The van der Waals surface area contributed by atoms with Crippen molar-refractivity contribution in [3.05, 3.63) is 47.0 Å². The second kappa shape index (κ2) is 16.3. The van der Waals surface area contributed by atoms with Gasteiger partial charge in [0.1, 0.15) is 0 Å². The summed E-state index contributed by atoms with van der Waals surface area (Å²) in [4.78, 5) is 2.62. The van der Waals surface area contributed by atoms with Crippen LogP contribution < -0.4 is 5.32 Å². The number of halogens is 2. The van der Waals surface area contributed by atoms with Crippen LogP contribution in [0.3, 0.4) is 0 Å². The third-order valence-corrected chi connectivity index (χ3v) is 6.71. The number of aryl methyl sites for hydroxylation is 1. The molecule has 5 N–H and O–H groups in total. The predicted molar refractivity (Wildman–Crippen MR) is 153 cm³/mol. The van der Waals surface area contributed by atoms with E-state index in [1.165, 1.54) is 36.5 Å². The number of benzene rings is 2. The van der Waals surface area contributed by atoms with Crippen LogP contribution >= 0.6 is 34.0 Å². The van der Waals surface area contributed by atoms with E-state index in [1.807, 2.05) is 6.07 Å². The summed E-state index contributed by atoms with van der Waals surface area (Å²) in [5.41, 5.74) is 3.37. The summed E-state index contributed by atoms with van der Waals surface area (Å²) >= 11 is 0. The van der Waals surface area contributed by atoms with E-state index in [9.17, 15) is 20.4 Å². The minimum atomic E-state index is -0.0721. The van der Waals surface area contributed by atoms with E-state index in [-0.39, 0.29) is 57.0 Å². The third kappa shape index (κ3) is 9.83. The molecule has 35 heavy (non-hydrogen) atoms. The average molecular weight is 618 g/mol. The average Bonchev–Trinajstić information content (AvgIpc) is 2.80. The van der Waals surface area contributed by atoms with Crippen molar-refractivity contribution in [2.75, 3.05) is 26.2 Å². The SMILES string of the molecule is Br.Br.CCCN(CCCCCCNCCc1ccc(O)c(O)c1)C1CCc2cc(O)c(O)cc2C1. The van der Waals surface area contributed by atoms with E-state index >= 15 is 0 Å². The highest BCUT2D eigenvalue weighted by molar-refractivity contribution is 8.93. The first-order chi connectivity index (χ1) is 16.0. The maximum Gasteiger partial charge on any atom is 0.157 e. The number of hydrogen-bond acceptors (Lipinski definition) is 6. The molecule has 0 heterocycles. The van der Waals surface area contributed by atoms with Gasteiger partial charge in [-0.1, -0.05) is 25.8 Å². The van der Waals surface area contributed by atoms with Crippen LogP contribution in [0, 0.1) is 0 Å². The number of nitrogens with one attached hydrogen (secondary N) is 1. The molecule has 2 aromatic carbocycles. The molecule has 0 aromatic heterocycles. The Balaban J connectivity index is 0.00000306. The smallest absolute Gasteiger partial charge is 0.157 e. The first-order valence-electron chi connectivity index (χ1n) is 12.5. The molecule has 0 aliphatic heterocycles. The van der Waals surface area contributed by atoms with Crippen LogP contribution in [0.1, 0.15) is 62.1 Å². The Labute approximate surface area is 230 Å². The van der Waals surface area contributed by atoms with Crippen LogP contribution in [0.15, 0.2) is 30.3 Å². The van der Waals surface area contributed by atoms with Gasteiger partial charge in [0, 0.05) is 6.04 Å². The van der Waals surface area contributed by atoms with Gasteiger partial charge in [-0.3, -0.25) is 0 Å². The number of rotatable bonds is 13. The maximum absolute atomic E-state index is 9.87. The van der Waals surface area contributed by atoms with Crippen LogP contribution in [0.5, 0.6) is 23.0 Å². The lowest BCUT2D eigenvalue weighted by molar-refractivity contribution is 0.176. The monoisotopic (exact) mass is 616 g/mol. The van der Waals surface area contributed by atoms with E-state index in [2.05, 4.69) is 17.1 Å². The molecular formula is C27H42Br2N2O4. The molecule has 6 nitrogen and oxygen atoms in total. The fourth-order valence-electron chi connectivity index (χ4n) is 4.84. The number of unbranched alkanes of at least 4 members (excludes halogenated alkanes) is 3. The Bertz CT molecular complexity index is 898. The molecule has 0 saturated heterocycles. The van der Waals surface area contributed by atoms with Crippen molar-refractivity contribution >= 4 is 34.0 Å². The summed E-state index contributed by atoms with van der Waals surface area (Å²) in [5.74, 6) is -0.144. The van der Waals surface area contributed by atoms with Crippen LogP contribution in [-0.2, 0) is 19.3 Å². The molecule has 1 atom stereocenters. The number of hydrogen-bond donors (Lipinski definition) is 5. The van der Waals surface area contributed by atoms with Crippen molar-refractivity contribution in [3.8, 4) is 23.0 Å². The van der Waals surface area contributed by atoms with E-state index in [0.717, 1.165) is 70.3 Å². The predicted octanol–water partition coefficient (Wildman–Crippen LogP) is 5.63. The van der Waals surface area contributed by atoms with Gasteiger partial charge in [0.2, 0.25) is 0 Å². The highest BCUT2D eigenvalue weighted by atomic mass is 79.9. The molecule has 1 aliphatic carbocycles. The summed E-state index contributed by atoms with van der Waals surface area (Å²) in [5, 5.41) is 42.0. The topological polar surface area (TPSA) is 96.2 Å². The molecule has 3 rings (SSSR count). The molecule has 0 spiro atoms. The van der Waals surface area contributed by atoms with Gasteiger partial charge in [0.25, 0.3) is 0 Å². The van der Waals surface area contributed by atoms with Crippen LogP contribution in [0.25, 0.3) is 0 Å². The number of phenols is 4. The fraction of sp³-hybridized carbons (Fsp3) is 0.556. The van der Waals surface area contributed by atoms with Gasteiger partial charge in [-0.15, -0.1) is 34.0 Å². The maximum atomic E-state index is 9.87. The van der Waals surface area contributed by atoms with Crippen LogP contribution in [0.4, 0.5) is 0 Å². The minimum Gasteiger partial charge on any atom is -0.504 e. The summed E-state index contributed by atoms with van der Waals surface area (Å²) in [7, 11) is 0. The molecule has 0 bridgehead atoms. The highest BCUT2D eigenvalue weighted by Gasteiger charge is 2.24. The molecule has 8 heteroatoms. The molecule has 0 radical (unpaired) electrons. The molecule has 198 valence electrons. The summed E-state index contributed by atoms with van der Waals surface area (Å²) < 4.78 is 0. The summed E-state index contributed by atoms with van der Waals surface area (Å²) in [6.45, 7) is 6.33. The molecular weight excluding hydrogens is 576 g/mol. The van der Waals surface area contributed by atoms with Crippen molar-refractivity contribution in [1.82, 2.24) is 10.2 Å². The number of phenolic OH excluding ortho intramolecular Hbond substituents is 4. The molecule has 0 amide bonds. The summed E-state index contributed by atoms with van der Waals surface area (Å²) in [6.07, 6.45) is 9.81. The van der Waals surface area contributed by atoms with E-state index in [0.29, 0.717) is 6.04 Å². The van der Waals surface area contributed by atoms with Crippen molar-refractivity contribution in [2.24, 2.45) is 0 Å². The number of aromatic hydroxyl groups is 4. The normalized spacial score (nSPS) is 14.7. The summed E-state index contributed by atoms with van der Waals surface area (Å²) in [6, 6.07) is 8.99.